The lowest BCUT2D eigenvalue weighted by molar-refractivity contribution is -0.185. The van der Waals surface area contributed by atoms with Gasteiger partial charge in [0, 0.05) is 44.8 Å². The van der Waals surface area contributed by atoms with Gasteiger partial charge in [-0.2, -0.15) is 0 Å². The molecule has 3 heterocycles. The van der Waals surface area contributed by atoms with Crippen LogP contribution in [0, 0.1) is 23.7 Å². The minimum absolute atomic E-state index is 0.114. The molecule has 208 valence electrons. The van der Waals surface area contributed by atoms with Gasteiger partial charge in [-0.05, 0) is 42.6 Å². The number of aliphatic hydroxyl groups is 2. The van der Waals surface area contributed by atoms with Gasteiger partial charge in [0.25, 0.3) is 5.91 Å². The zero-order valence-electron chi connectivity index (χ0n) is 20.7. The highest BCUT2D eigenvalue weighted by Gasteiger charge is 2.55. The molecule has 0 spiro atoms. The van der Waals surface area contributed by atoms with E-state index in [9.17, 15) is 24.6 Å². The Bertz CT molecular complexity index is 1100. The number of anilines is 1. The molecule has 6 N–H and O–H groups in total. The number of aliphatic hydroxyl groups excluding tert-OH is 2. The number of hydrogen-bond donors (Lipinski definition) is 5. The molecule has 1 amide bonds. The van der Waals surface area contributed by atoms with Gasteiger partial charge in [-0.25, -0.2) is 9.59 Å². The molecule has 1 aliphatic carbocycles. The maximum absolute atomic E-state index is 13.2. The molecule has 3 aliphatic heterocycles. The second-order valence-corrected chi connectivity index (χ2v) is 10.9. The van der Waals surface area contributed by atoms with Crippen LogP contribution in [0.2, 0.25) is 5.02 Å². The van der Waals surface area contributed by atoms with Gasteiger partial charge in [0.1, 0.15) is 5.75 Å². The molecule has 13 heteroatoms. The number of rotatable bonds is 9. The SMILES string of the molecule is Nc1c(Cl)cc(C(=O)NCC2C3CN(CC4CCOC4)CC23)c2c1CCC(OC(=O)C(O)C(O)C(=O)O)O2. The number of halogens is 1. The summed E-state index contributed by atoms with van der Waals surface area (Å²) in [6.07, 6.45) is -4.37. The Morgan fingerprint density at radius 1 is 1.21 bits per heavy atom. The van der Waals surface area contributed by atoms with E-state index in [0.29, 0.717) is 35.8 Å². The molecule has 5 rings (SSSR count). The van der Waals surface area contributed by atoms with E-state index in [1.54, 1.807) is 0 Å². The number of nitrogen functional groups attached to an aromatic ring is 1. The van der Waals surface area contributed by atoms with Crippen molar-refractivity contribution >= 4 is 35.1 Å². The third kappa shape index (κ3) is 5.41. The highest BCUT2D eigenvalue weighted by Crippen LogP contribution is 2.51. The van der Waals surface area contributed by atoms with Crippen molar-refractivity contribution < 1.29 is 43.9 Å². The van der Waals surface area contributed by atoms with Crippen LogP contribution in [0.1, 0.15) is 28.8 Å². The Morgan fingerprint density at radius 3 is 2.61 bits per heavy atom. The predicted octanol–water partition coefficient (Wildman–Crippen LogP) is -0.133. The molecular formula is C25H32ClN3O9. The Morgan fingerprint density at radius 2 is 1.95 bits per heavy atom. The Hall–Kier alpha value is -2.64. The van der Waals surface area contributed by atoms with E-state index < -0.39 is 36.3 Å². The standard InChI is InChI=1S/C25H32ClN3O9/c26-17-5-13(23(32)28-6-14-15-8-29(9-16(14)15)7-11-3-4-36-10-11)22-12(19(17)27)1-2-18(37-22)38-25(35)21(31)20(30)24(33)34/h5,11,14-16,18,20-21,30-31H,1-4,6-10,27H2,(H,28,32)(H,33,34). The fourth-order valence-electron chi connectivity index (χ4n) is 5.84. The van der Waals surface area contributed by atoms with Crippen LogP contribution < -0.4 is 15.8 Å². The van der Waals surface area contributed by atoms with Crippen LogP contribution in [0.3, 0.4) is 0 Å². The normalized spacial score (nSPS) is 29.5. The quantitative estimate of drug-likeness (QED) is 0.203. The summed E-state index contributed by atoms with van der Waals surface area (Å²) in [5.74, 6) is -1.28. The van der Waals surface area contributed by atoms with E-state index in [2.05, 4.69) is 10.2 Å². The smallest absolute Gasteiger partial charge is 0.341 e. The number of carboxylic acid groups (broad SMARTS) is 1. The molecule has 4 aliphatic rings. The molecule has 1 aromatic rings. The highest BCUT2D eigenvalue weighted by atomic mass is 35.5. The van der Waals surface area contributed by atoms with Crippen molar-refractivity contribution in [1.29, 1.82) is 0 Å². The van der Waals surface area contributed by atoms with Gasteiger partial charge in [0.15, 0.2) is 12.2 Å². The maximum Gasteiger partial charge on any atom is 0.341 e. The van der Waals surface area contributed by atoms with Gasteiger partial charge < -0.3 is 45.5 Å². The zero-order chi connectivity index (χ0) is 27.1. The molecule has 2 saturated heterocycles. The summed E-state index contributed by atoms with van der Waals surface area (Å²) in [5, 5.41) is 31.1. The van der Waals surface area contributed by atoms with Crippen molar-refractivity contribution in [2.45, 2.75) is 37.8 Å². The average Bonchev–Trinajstić information content (AvgIpc) is 3.23. The molecule has 1 saturated carbocycles. The average molecular weight is 554 g/mol. The fourth-order valence-corrected chi connectivity index (χ4v) is 6.06. The number of nitrogens with two attached hydrogens (primary N) is 1. The number of fused-ring (bicyclic) bond motifs is 2. The maximum atomic E-state index is 13.2. The summed E-state index contributed by atoms with van der Waals surface area (Å²) in [6, 6.07) is 1.40. The van der Waals surface area contributed by atoms with Crippen LogP contribution in [0.5, 0.6) is 5.75 Å². The second kappa shape index (κ2) is 10.9. The first-order valence-corrected chi connectivity index (χ1v) is 13.2. The lowest BCUT2D eigenvalue weighted by Gasteiger charge is -2.29. The van der Waals surface area contributed by atoms with E-state index in [4.69, 9.17) is 36.7 Å². The summed E-state index contributed by atoms with van der Waals surface area (Å²) in [7, 11) is 0. The molecular weight excluding hydrogens is 522 g/mol. The molecule has 0 aromatic heterocycles. The van der Waals surface area contributed by atoms with Gasteiger partial charge in [-0.3, -0.25) is 4.79 Å². The molecule has 1 aromatic carbocycles. The molecule has 12 nitrogen and oxygen atoms in total. The van der Waals surface area contributed by atoms with Gasteiger partial charge in [0.05, 0.1) is 22.9 Å². The van der Waals surface area contributed by atoms with Gasteiger partial charge in [0.2, 0.25) is 6.29 Å². The minimum atomic E-state index is -2.35. The first-order chi connectivity index (χ1) is 18.1. The highest BCUT2D eigenvalue weighted by molar-refractivity contribution is 6.33. The number of aliphatic carboxylic acids is 1. The summed E-state index contributed by atoms with van der Waals surface area (Å²) >= 11 is 6.28. The van der Waals surface area contributed by atoms with E-state index in [0.717, 1.165) is 39.3 Å². The first kappa shape index (κ1) is 26.9. The number of piperidine rings is 1. The third-order valence-electron chi connectivity index (χ3n) is 8.02. The second-order valence-electron chi connectivity index (χ2n) is 10.5. The van der Waals surface area contributed by atoms with Gasteiger partial charge in [-0.15, -0.1) is 0 Å². The van der Waals surface area contributed by atoms with Gasteiger partial charge in [-0.1, -0.05) is 11.6 Å². The van der Waals surface area contributed by atoms with Crippen molar-refractivity contribution in [3.8, 4) is 5.75 Å². The van der Waals surface area contributed by atoms with Crippen molar-refractivity contribution in [3.63, 3.8) is 0 Å². The summed E-state index contributed by atoms with van der Waals surface area (Å²) < 4.78 is 16.3. The molecule has 3 fully saturated rings. The van der Waals surface area contributed by atoms with Crippen LogP contribution in [0.25, 0.3) is 0 Å². The molecule has 0 bridgehead atoms. The lowest BCUT2D eigenvalue weighted by atomic mass is 9.99. The molecule has 38 heavy (non-hydrogen) atoms. The van der Waals surface area contributed by atoms with Crippen LogP contribution in [0.4, 0.5) is 5.69 Å². The fraction of sp³-hybridized carbons (Fsp3) is 0.640. The third-order valence-corrected chi connectivity index (χ3v) is 8.34. The summed E-state index contributed by atoms with van der Waals surface area (Å²) in [6.45, 7) is 5.33. The predicted molar refractivity (Wildman–Crippen MR) is 133 cm³/mol. The van der Waals surface area contributed by atoms with Crippen molar-refractivity contribution in [2.75, 3.05) is 45.1 Å². The number of carbonyl (C=O) groups is 3. The van der Waals surface area contributed by atoms with E-state index in [-0.39, 0.29) is 34.9 Å². The van der Waals surface area contributed by atoms with E-state index in [1.807, 2.05) is 0 Å². The van der Waals surface area contributed by atoms with Crippen LogP contribution in [-0.2, 0) is 25.5 Å². The van der Waals surface area contributed by atoms with Crippen LogP contribution in [0.15, 0.2) is 6.07 Å². The number of nitrogens with zero attached hydrogens (tertiary/aromatic N) is 1. The van der Waals surface area contributed by atoms with Gasteiger partial charge >= 0.3 is 11.9 Å². The monoisotopic (exact) mass is 553 g/mol. The number of carbonyl (C=O) groups excluding carboxylic acids is 2. The van der Waals surface area contributed by atoms with E-state index in [1.165, 1.54) is 6.07 Å². The Labute approximate surface area is 224 Å². The zero-order valence-corrected chi connectivity index (χ0v) is 21.4. The van der Waals surface area contributed by atoms with Crippen molar-refractivity contribution in [1.82, 2.24) is 10.2 Å². The van der Waals surface area contributed by atoms with Crippen molar-refractivity contribution in [2.24, 2.45) is 23.7 Å². The number of ether oxygens (including phenoxy) is 3. The lowest BCUT2D eigenvalue weighted by Crippen LogP contribution is -2.43. The van der Waals surface area contributed by atoms with Crippen molar-refractivity contribution in [3.05, 3.63) is 22.2 Å². The number of carboxylic acids is 1. The molecule has 6 unspecified atom stereocenters. The number of likely N-dealkylation sites (tertiary alicyclic amines) is 1. The van der Waals surface area contributed by atoms with Crippen LogP contribution >= 0.6 is 11.6 Å². The Balaban J connectivity index is 1.18. The number of benzene rings is 1. The number of esters is 1. The molecule has 0 radical (unpaired) electrons. The van der Waals surface area contributed by atoms with E-state index >= 15 is 0 Å². The summed E-state index contributed by atoms with van der Waals surface area (Å²) in [5.41, 5.74) is 6.98. The van der Waals surface area contributed by atoms with Crippen LogP contribution in [-0.4, -0.2) is 96.0 Å². The Kier molecular flexibility index (Phi) is 7.70. The number of nitrogens with one attached hydrogen (secondary N) is 1. The molecule has 6 atom stereocenters. The summed E-state index contributed by atoms with van der Waals surface area (Å²) in [4.78, 5) is 38.6. The largest absolute Gasteiger partial charge is 0.479 e. The topological polar surface area (TPSA) is 181 Å². The first-order valence-electron chi connectivity index (χ1n) is 12.8. The number of amides is 1. The minimum Gasteiger partial charge on any atom is -0.479 e. The number of hydrogen-bond acceptors (Lipinski definition) is 10.